The topological polar surface area (TPSA) is 89.9 Å². The fourth-order valence-corrected chi connectivity index (χ4v) is 2.21. The second-order valence-corrected chi connectivity index (χ2v) is 4.42. The number of nitrogens with zero attached hydrogens (tertiary/aromatic N) is 1. The molecule has 0 spiro atoms. The molecule has 2 amide bonds. The molecule has 1 saturated heterocycles. The zero-order chi connectivity index (χ0) is 14.0. The Morgan fingerprint density at radius 3 is 2.89 bits per heavy atom. The lowest BCUT2D eigenvalue weighted by Gasteiger charge is -2.34. The number of rotatable bonds is 2. The molecule has 1 aromatic rings. The monoisotopic (exact) mass is 264 g/mol. The van der Waals surface area contributed by atoms with Crippen LogP contribution >= 0.6 is 0 Å². The molecule has 0 aromatic heterocycles. The third-order valence-corrected chi connectivity index (χ3v) is 3.19. The Balaban J connectivity index is 2.32. The molecule has 1 atom stereocenters. The largest absolute Gasteiger partial charge is 0.508 e. The second-order valence-electron chi connectivity index (χ2n) is 4.42. The number of nitrogens with one attached hydrogen (secondary N) is 1. The van der Waals surface area contributed by atoms with Gasteiger partial charge in [0, 0.05) is 13.1 Å². The molecule has 102 valence electrons. The average Bonchev–Trinajstić information content (AvgIpc) is 2.40. The summed E-state index contributed by atoms with van der Waals surface area (Å²) in [6.45, 7) is 2.59. The molecular formula is C13H16N2O4. The standard InChI is InChI=1S/C13H16N2O4/c1-2-10-12(18)14-5-6-15(10)13(19)9-7-8(16)3-4-11(9)17/h3-4,7,10,16-17H,2,5-6H2,1H3,(H,14,18). The van der Waals surface area contributed by atoms with E-state index in [-0.39, 0.29) is 23.0 Å². The molecule has 1 aliphatic rings. The van der Waals surface area contributed by atoms with E-state index in [0.29, 0.717) is 19.5 Å². The number of piperazine rings is 1. The SMILES string of the molecule is CCC1C(=O)NCCN1C(=O)c1cc(O)ccc1O. The summed E-state index contributed by atoms with van der Waals surface area (Å²) in [4.78, 5) is 25.5. The van der Waals surface area contributed by atoms with E-state index in [2.05, 4.69) is 5.32 Å². The van der Waals surface area contributed by atoms with Crippen LogP contribution in [0.15, 0.2) is 18.2 Å². The van der Waals surface area contributed by atoms with Crippen LogP contribution in [0.4, 0.5) is 0 Å². The lowest BCUT2D eigenvalue weighted by atomic mass is 10.1. The number of benzene rings is 1. The van der Waals surface area contributed by atoms with Gasteiger partial charge in [-0.2, -0.15) is 0 Å². The van der Waals surface area contributed by atoms with Crippen LogP contribution in [0.2, 0.25) is 0 Å². The van der Waals surface area contributed by atoms with Crippen LogP contribution in [0.3, 0.4) is 0 Å². The number of amides is 2. The second kappa shape index (κ2) is 5.17. The van der Waals surface area contributed by atoms with E-state index in [4.69, 9.17) is 0 Å². The van der Waals surface area contributed by atoms with Gasteiger partial charge in [0.25, 0.3) is 5.91 Å². The Morgan fingerprint density at radius 2 is 2.21 bits per heavy atom. The van der Waals surface area contributed by atoms with Gasteiger partial charge in [0.2, 0.25) is 5.91 Å². The molecule has 3 N–H and O–H groups in total. The number of carbonyl (C=O) groups is 2. The van der Waals surface area contributed by atoms with Crippen molar-refractivity contribution in [2.24, 2.45) is 0 Å². The van der Waals surface area contributed by atoms with E-state index < -0.39 is 11.9 Å². The van der Waals surface area contributed by atoms with Gasteiger partial charge in [-0.1, -0.05) is 6.92 Å². The van der Waals surface area contributed by atoms with Crippen LogP contribution in [-0.2, 0) is 4.79 Å². The van der Waals surface area contributed by atoms with Crippen LogP contribution in [0.25, 0.3) is 0 Å². The minimum absolute atomic E-state index is 0.00755. The highest BCUT2D eigenvalue weighted by molar-refractivity contribution is 6.00. The van der Waals surface area contributed by atoms with Crippen molar-refractivity contribution in [2.45, 2.75) is 19.4 Å². The first kappa shape index (κ1) is 13.2. The van der Waals surface area contributed by atoms with Crippen LogP contribution in [0.1, 0.15) is 23.7 Å². The van der Waals surface area contributed by atoms with E-state index in [1.165, 1.54) is 23.1 Å². The summed E-state index contributed by atoms with van der Waals surface area (Å²) in [5, 5.41) is 21.8. The Morgan fingerprint density at radius 1 is 1.47 bits per heavy atom. The number of aromatic hydroxyl groups is 2. The van der Waals surface area contributed by atoms with E-state index in [1.54, 1.807) is 0 Å². The zero-order valence-corrected chi connectivity index (χ0v) is 10.6. The Bertz CT molecular complexity index is 515. The van der Waals surface area contributed by atoms with Crippen LogP contribution < -0.4 is 5.32 Å². The maximum Gasteiger partial charge on any atom is 0.258 e. The first-order chi connectivity index (χ1) is 9.04. The van der Waals surface area contributed by atoms with Crippen molar-refractivity contribution in [3.63, 3.8) is 0 Å². The lowest BCUT2D eigenvalue weighted by Crippen LogP contribution is -2.56. The molecule has 1 aliphatic heterocycles. The average molecular weight is 264 g/mol. The van der Waals surface area contributed by atoms with E-state index in [0.717, 1.165) is 0 Å². The normalized spacial score (nSPS) is 19.1. The summed E-state index contributed by atoms with van der Waals surface area (Å²) in [6, 6.07) is 3.22. The summed E-state index contributed by atoms with van der Waals surface area (Å²) in [5.74, 6) is -0.948. The number of hydrogen-bond donors (Lipinski definition) is 3. The van der Waals surface area contributed by atoms with Gasteiger partial charge in [-0.3, -0.25) is 9.59 Å². The molecule has 1 aromatic carbocycles. The number of phenolic OH excluding ortho intramolecular Hbond substituents is 2. The molecule has 2 rings (SSSR count). The maximum atomic E-state index is 12.4. The minimum Gasteiger partial charge on any atom is -0.508 e. The van der Waals surface area contributed by atoms with Gasteiger partial charge in [-0.15, -0.1) is 0 Å². The molecule has 19 heavy (non-hydrogen) atoms. The predicted octanol–water partition coefficient (Wildman–Crippen LogP) is 0.448. The van der Waals surface area contributed by atoms with Crippen molar-refractivity contribution in [3.05, 3.63) is 23.8 Å². The fraction of sp³-hybridized carbons (Fsp3) is 0.385. The van der Waals surface area contributed by atoms with Crippen molar-refractivity contribution in [1.29, 1.82) is 0 Å². The van der Waals surface area contributed by atoms with Gasteiger partial charge in [0.1, 0.15) is 17.5 Å². The van der Waals surface area contributed by atoms with E-state index in [1.807, 2.05) is 6.92 Å². The lowest BCUT2D eigenvalue weighted by molar-refractivity contribution is -0.127. The van der Waals surface area contributed by atoms with Crippen molar-refractivity contribution in [3.8, 4) is 11.5 Å². The first-order valence-corrected chi connectivity index (χ1v) is 6.15. The molecule has 0 radical (unpaired) electrons. The fourth-order valence-electron chi connectivity index (χ4n) is 2.21. The zero-order valence-electron chi connectivity index (χ0n) is 10.6. The van der Waals surface area contributed by atoms with E-state index >= 15 is 0 Å². The Kier molecular flexibility index (Phi) is 3.59. The minimum atomic E-state index is -0.539. The smallest absolute Gasteiger partial charge is 0.258 e. The molecule has 6 nitrogen and oxygen atoms in total. The van der Waals surface area contributed by atoms with Gasteiger partial charge in [-0.25, -0.2) is 0 Å². The van der Waals surface area contributed by atoms with Gasteiger partial charge < -0.3 is 20.4 Å². The number of phenols is 2. The Labute approximate surface area is 110 Å². The molecule has 1 unspecified atom stereocenters. The first-order valence-electron chi connectivity index (χ1n) is 6.15. The highest BCUT2D eigenvalue weighted by Crippen LogP contribution is 2.25. The molecule has 0 aliphatic carbocycles. The Hall–Kier alpha value is -2.24. The van der Waals surface area contributed by atoms with Gasteiger partial charge >= 0.3 is 0 Å². The van der Waals surface area contributed by atoms with Gasteiger partial charge in [0.05, 0.1) is 5.56 Å². The summed E-state index contributed by atoms with van der Waals surface area (Å²) in [6.07, 6.45) is 0.497. The van der Waals surface area contributed by atoms with Crippen LogP contribution in [-0.4, -0.2) is 46.1 Å². The molecule has 6 heteroatoms. The summed E-state index contributed by atoms with van der Waals surface area (Å²) in [5.41, 5.74) is 0.00755. The molecular weight excluding hydrogens is 248 g/mol. The van der Waals surface area contributed by atoms with E-state index in [9.17, 15) is 19.8 Å². The third-order valence-electron chi connectivity index (χ3n) is 3.19. The highest BCUT2D eigenvalue weighted by Gasteiger charge is 2.33. The summed E-state index contributed by atoms with van der Waals surface area (Å²) in [7, 11) is 0. The van der Waals surface area contributed by atoms with Gasteiger partial charge in [0.15, 0.2) is 0 Å². The van der Waals surface area contributed by atoms with Crippen molar-refractivity contribution < 1.29 is 19.8 Å². The third kappa shape index (κ3) is 2.47. The predicted molar refractivity (Wildman–Crippen MR) is 67.9 cm³/mol. The van der Waals surface area contributed by atoms with Crippen molar-refractivity contribution in [2.75, 3.05) is 13.1 Å². The molecule has 1 heterocycles. The number of hydrogen-bond acceptors (Lipinski definition) is 4. The quantitative estimate of drug-likeness (QED) is 0.676. The maximum absolute atomic E-state index is 12.4. The van der Waals surface area contributed by atoms with Crippen LogP contribution in [0, 0.1) is 0 Å². The van der Waals surface area contributed by atoms with Crippen molar-refractivity contribution in [1.82, 2.24) is 10.2 Å². The van der Waals surface area contributed by atoms with Gasteiger partial charge in [-0.05, 0) is 24.6 Å². The van der Waals surface area contributed by atoms with Crippen LogP contribution in [0.5, 0.6) is 11.5 Å². The summed E-state index contributed by atoms with van der Waals surface area (Å²) < 4.78 is 0. The molecule has 1 fully saturated rings. The highest BCUT2D eigenvalue weighted by atomic mass is 16.3. The molecule has 0 bridgehead atoms. The molecule has 0 saturated carbocycles. The summed E-state index contributed by atoms with van der Waals surface area (Å²) >= 11 is 0. The number of carbonyl (C=O) groups excluding carboxylic acids is 2. The van der Waals surface area contributed by atoms with Crippen molar-refractivity contribution >= 4 is 11.8 Å².